The number of hydrogen-bond acceptors (Lipinski definition) is 4. The van der Waals surface area contributed by atoms with Gasteiger partial charge in [-0.1, -0.05) is 0 Å². The van der Waals surface area contributed by atoms with Gasteiger partial charge in [0.15, 0.2) is 0 Å². The lowest BCUT2D eigenvalue weighted by Crippen LogP contribution is -2.33. The van der Waals surface area contributed by atoms with Gasteiger partial charge >= 0.3 is 0 Å². The summed E-state index contributed by atoms with van der Waals surface area (Å²) in [6, 6.07) is 6.91. The maximum Gasteiger partial charge on any atom is 0.230 e. The van der Waals surface area contributed by atoms with E-state index in [1.165, 1.54) is 24.6 Å². The first-order valence-electron chi connectivity index (χ1n) is 7.13. The zero-order chi connectivity index (χ0) is 14.2. The van der Waals surface area contributed by atoms with Crippen molar-refractivity contribution in [3.05, 3.63) is 24.3 Å². The summed E-state index contributed by atoms with van der Waals surface area (Å²) in [5, 5.41) is 15.5. The van der Waals surface area contributed by atoms with Crippen molar-refractivity contribution in [3.8, 4) is 5.75 Å². The van der Waals surface area contributed by atoms with Gasteiger partial charge in [-0.05, 0) is 62.5 Å². The molecule has 0 aromatic heterocycles. The maximum absolute atomic E-state index is 11.7. The lowest BCUT2D eigenvalue weighted by Gasteiger charge is -2.22. The van der Waals surface area contributed by atoms with Crippen molar-refractivity contribution >= 4 is 17.7 Å². The highest BCUT2D eigenvalue weighted by atomic mass is 32.2. The molecule has 1 fully saturated rings. The first-order chi connectivity index (χ1) is 9.74. The van der Waals surface area contributed by atoms with Gasteiger partial charge in [-0.2, -0.15) is 0 Å². The molecule has 1 saturated heterocycles. The van der Waals surface area contributed by atoms with Crippen LogP contribution in [0.2, 0.25) is 0 Å². The van der Waals surface area contributed by atoms with E-state index in [-0.39, 0.29) is 11.7 Å². The van der Waals surface area contributed by atoms with E-state index in [1.54, 1.807) is 12.1 Å². The van der Waals surface area contributed by atoms with Crippen LogP contribution >= 0.6 is 11.8 Å². The minimum absolute atomic E-state index is 0.0758. The number of aromatic hydroxyl groups is 1. The number of benzene rings is 1. The van der Waals surface area contributed by atoms with E-state index in [1.807, 2.05) is 12.1 Å². The van der Waals surface area contributed by atoms with Gasteiger partial charge in [-0.3, -0.25) is 4.79 Å². The molecule has 20 heavy (non-hydrogen) atoms. The van der Waals surface area contributed by atoms with Crippen LogP contribution in [-0.4, -0.2) is 36.4 Å². The van der Waals surface area contributed by atoms with Gasteiger partial charge < -0.3 is 15.7 Å². The quantitative estimate of drug-likeness (QED) is 0.702. The van der Waals surface area contributed by atoms with E-state index in [4.69, 9.17) is 0 Å². The Morgan fingerprint density at radius 2 is 2.20 bits per heavy atom. The van der Waals surface area contributed by atoms with E-state index >= 15 is 0 Å². The van der Waals surface area contributed by atoms with Crippen LogP contribution in [0, 0.1) is 5.92 Å². The second-order valence-electron chi connectivity index (χ2n) is 5.13. The molecule has 1 amide bonds. The van der Waals surface area contributed by atoms with E-state index in [0.29, 0.717) is 11.7 Å². The summed E-state index contributed by atoms with van der Waals surface area (Å²) in [5.74, 6) is 1.45. The monoisotopic (exact) mass is 294 g/mol. The molecule has 1 aliphatic heterocycles. The molecule has 3 N–H and O–H groups in total. The van der Waals surface area contributed by atoms with Crippen LogP contribution in [0.5, 0.6) is 5.75 Å². The Morgan fingerprint density at radius 3 is 2.90 bits per heavy atom. The summed E-state index contributed by atoms with van der Waals surface area (Å²) >= 11 is 1.49. The predicted molar refractivity (Wildman–Crippen MR) is 82.1 cm³/mol. The molecule has 0 saturated carbocycles. The highest BCUT2D eigenvalue weighted by Crippen LogP contribution is 2.20. The number of carbonyl (C=O) groups excluding carboxylic acids is 1. The van der Waals surface area contributed by atoms with Gasteiger partial charge in [0, 0.05) is 11.4 Å². The lowest BCUT2D eigenvalue weighted by atomic mass is 9.96. The maximum atomic E-state index is 11.7. The summed E-state index contributed by atoms with van der Waals surface area (Å²) < 4.78 is 0. The third-order valence-corrected chi connectivity index (χ3v) is 4.49. The minimum Gasteiger partial charge on any atom is -0.508 e. The molecule has 0 aliphatic carbocycles. The normalized spacial score (nSPS) is 18.7. The van der Waals surface area contributed by atoms with Crippen LogP contribution < -0.4 is 10.6 Å². The van der Waals surface area contributed by atoms with Gasteiger partial charge in [0.25, 0.3) is 0 Å². The third kappa shape index (κ3) is 5.43. The summed E-state index contributed by atoms with van der Waals surface area (Å²) in [5.41, 5.74) is 0. The summed E-state index contributed by atoms with van der Waals surface area (Å²) in [6.45, 7) is 2.98. The summed E-state index contributed by atoms with van der Waals surface area (Å²) in [4.78, 5) is 12.7. The molecule has 2 rings (SSSR count). The van der Waals surface area contributed by atoms with E-state index < -0.39 is 0 Å². The first-order valence-corrected chi connectivity index (χ1v) is 8.12. The van der Waals surface area contributed by atoms with Crippen LogP contribution in [0.3, 0.4) is 0 Å². The summed E-state index contributed by atoms with van der Waals surface area (Å²) in [6.07, 6.45) is 3.57. The number of phenols is 1. The molecule has 1 heterocycles. The Bertz CT molecular complexity index is 416. The SMILES string of the molecule is O=C(CSc1ccc(O)cc1)NCCC1CCCNC1. The Labute approximate surface area is 124 Å². The Hall–Kier alpha value is -1.20. The van der Waals surface area contributed by atoms with Crippen LogP contribution in [0.15, 0.2) is 29.2 Å². The predicted octanol–water partition coefficient (Wildman–Crippen LogP) is 1.99. The molecule has 1 aliphatic rings. The topological polar surface area (TPSA) is 61.4 Å². The molecular weight excluding hydrogens is 272 g/mol. The minimum atomic E-state index is 0.0758. The fourth-order valence-electron chi connectivity index (χ4n) is 2.33. The van der Waals surface area contributed by atoms with Crippen LogP contribution in [0.4, 0.5) is 0 Å². The van der Waals surface area contributed by atoms with Gasteiger partial charge in [0.2, 0.25) is 5.91 Å². The largest absolute Gasteiger partial charge is 0.508 e. The van der Waals surface area contributed by atoms with Gasteiger partial charge in [0.1, 0.15) is 5.75 Å². The molecule has 1 aromatic carbocycles. The Kier molecular flexibility index (Phi) is 6.21. The molecule has 0 bridgehead atoms. The molecule has 110 valence electrons. The molecule has 5 heteroatoms. The molecular formula is C15H22N2O2S. The first kappa shape index (κ1) is 15.2. The number of hydrogen-bond donors (Lipinski definition) is 3. The molecule has 0 spiro atoms. The third-order valence-electron chi connectivity index (χ3n) is 3.48. The second kappa shape index (κ2) is 8.17. The highest BCUT2D eigenvalue weighted by molar-refractivity contribution is 8.00. The zero-order valence-corrected chi connectivity index (χ0v) is 12.4. The zero-order valence-electron chi connectivity index (χ0n) is 11.6. The Morgan fingerprint density at radius 1 is 1.40 bits per heavy atom. The van der Waals surface area contributed by atoms with E-state index in [9.17, 15) is 9.90 Å². The Balaban J connectivity index is 1.59. The highest BCUT2D eigenvalue weighted by Gasteiger charge is 2.12. The van der Waals surface area contributed by atoms with Crippen LogP contribution in [0.1, 0.15) is 19.3 Å². The van der Waals surface area contributed by atoms with Crippen LogP contribution in [-0.2, 0) is 4.79 Å². The molecule has 1 unspecified atom stereocenters. The number of carbonyl (C=O) groups is 1. The van der Waals surface area contributed by atoms with Crippen molar-refractivity contribution in [1.29, 1.82) is 0 Å². The number of nitrogens with one attached hydrogen (secondary N) is 2. The fourth-order valence-corrected chi connectivity index (χ4v) is 3.06. The molecule has 1 aromatic rings. The van der Waals surface area contributed by atoms with Crippen molar-refractivity contribution in [3.63, 3.8) is 0 Å². The number of thioether (sulfide) groups is 1. The number of rotatable bonds is 6. The van der Waals surface area contributed by atoms with Crippen LogP contribution in [0.25, 0.3) is 0 Å². The van der Waals surface area contributed by atoms with Crippen molar-refractivity contribution < 1.29 is 9.90 Å². The van der Waals surface area contributed by atoms with Gasteiger partial charge in [0.05, 0.1) is 5.75 Å². The fraction of sp³-hybridized carbons (Fsp3) is 0.533. The second-order valence-corrected chi connectivity index (χ2v) is 6.18. The number of phenolic OH excluding ortho intramolecular Hbond substituents is 1. The van der Waals surface area contributed by atoms with Crippen molar-refractivity contribution in [2.45, 2.75) is 24.2 Å². The number of amides is 1. The standard InChI is InChI=1S/C15H22N2O2S/c18-13-3-5-14(6-4-13)20-11-15(19)17-9-7-12-2-1-8-16-10-12/h3-6,12,16,18H,1-2,7-11H2,(H,17,19). The molecule has 4 nitrogen and oxygen atoms in total. The summed E-state index contributed by atoms with van der Waals surface area (Å²) in [7, 11) is 0. The van der Waals surface area contributed by atoms with Gasteiger partial charge in [-0.15, -0.1) is 11.8 Å². The molecule has 0 radical (unpaired) electrons. The van der Waals surface area contributed by atoms with E-state index in [2.05, 4.69) is 10.6 Å². The van der Waals surface area contributed by atoms with Crippen molar-refractivity contribution in [2.24, 2.45) is 5.92 Å². The smallest absolute Gasteiger partial charge is 0.230 e. The molecule has 1 atom stereocenters. The van der Waals surface area contributed by atoms with Crippen molar-refractivity contribution in [1.82, 2.24) is 10.6 Å². The average Bonchev–Trinajstić information content (AvgIpc) is 2.48. The average molecular weight is 294 g/mol. The van der Waals surface area contributed by atoms with E-state index in [0.717, 1.165) is 31.0 Å². The lowest BCUT2D eigenvalue weighted by molar-refractivity contribution is -0.118. The van der Waals surface area contributed by atoms with Crippen molar-refractivity contribution in [2.75, 3.05) is 25.4 Å². The number of piperidine rings is 1. The van der Waals surface area contributed by atoms with Gasteiger partial charge in [-0.25, -0.2) is 0 Å².